The van der Waals surface area contributed by atoms with Gasteiger partial charge in [-0.15, -0.1) is 0 Å². The number of methoxy groups -OCH3 is 1. The summed E-state index contributed by atoms with van der Waals surface area (Å²) in [4.78, 5) is 16.0. The summed E-state index contributed by atoms with van der Waals surface area (Å²) in [6.07, 6.45) is 0.777. The average Bonchev–Trinajstić information content (AvgIpc) is 3.02. The van der Waals surface area contributed by atoms with Crippen molar-refractivity contribution in [2.75, 3.05) is 7.11 Å². The van der Waals surface area contributed by atoms with E-state index in [0.29, 0.717) is 11.6 Å². The van der Waals surface area contributed by atoms with E-state index in [-0.39, 0.29) is 11.9 Å². The number of hydrogen-bond acceptors (Lipinski definition) is 5. The lowest BCUT2D eigenvalue weighted by atomic mass is 10.2. The quantitative estimate of drug-likeness (QED) is 0.840. The Morgan fingerprint density at radius 1 is 1.24 bits per heavy atom. The Kier molecular flexibility index (Phi) is 4.76. The molecular formula is C14H18N4O3. The van der Waals surface area contributed by atoms with Crippen LogP contribution in [-0.2, 0) is 4.79 Å². The summed E-state index contributed by atoms with van der Waals surface area (Å²) in [5.74, 6) is 1.71. The zero-order valence-electron chi connectivity index (χ0n) is 12.2. The van der Waals surface area contributed by atoms with Gasteiger partial charge < -0.3 is 14.8 Å². The van der Waals surface area contributed by atoms with Crippen molar-refractivity contribution < 1.29 is 14.3 Å². The van der Waals surface area contributed by atoms with Crippen molar-refractivity contribution in [3.63, 3.8) is 0 Å². The molecule has 21 heavy (non-hydrogen) atoms. The van der Waals surface area contributed by atoms with Gasteiger partial charge in [0.05, 0.1) is 13.2 Å². The molecule has 0 aliphatic heterocycles. The molecule has 2 unspecified atom stereocenters. The SMILES string of the molecule is COc1ccc(OC(C)C(=O)NC(C)c2ncn[nH]2)cc1. The minimum atomic E-state index is -0.622. The van der Waals surface area contributed by atoms with E-state index in [2.05, 4.69) is 20.5 Å². The highest BCUT2D eigenvalue weighted by Crippen LogP contribution is 2.18. The molecule has 1 aromatic heterocycles. The fourth-order valence-electron chi connectivity index (χ4n) is 1.73. The summed E-state index contributed by atoms with van der Waals surface area (Å²) in [6, 6.07) is 6.79. The van der Waals surface area contributed by atoms with Gasteiger partial charge in [-0.25, -0.2) is 4.98 Å². The molecule has 1 aromatic carbocycles. The first kappa shape index (κ1) is 14.8. The largest absolute Gasteiger partial charge is 0.497 e. The smallest absolute Gasteiger partial charge is 0.261 e. The first-order valence-corrected chi connectivity index (χ1v) is 6.56. The third-order valence-corrected chi connectivity index (χ3v) is 2.94. The zero-order chi connectivity index (χ0) is 15.2. The molecule has 1 heterocycles. The number of nitrogens with zero attached hydrogens (tertiary/aromatic N) is 2. The molecule has 0 bridgehead atoms. The van der Waals surface area contributed by atoms with Crippen molar-refractivity contribution >= 4 is 5.91 Å². The van der Waals surface area contributed by atoms with Crippen molar-refractivity contribution in [2.24, 2.45) is 0 Å². The minimum absolute atomic E-state index is 0.227. The van der Waals surface area contributed by atoms with Gasteiger partial charge in [0.25, 0.3) is 5.91 Å². The monoisotopic (exact) mass is 290 g/mol. The predicted molar refractivity (Wildman–Crippen MR) is 76.0 cm³/mol. The molecule has 112 valence electrons. The first-order chi connectivity index (χ1) is 10.1. The third-order valence-electron chi connectivity index (χ3n) is 2.94. The number of rotatable bonds is 6. The van der Waals surface area contributed by atoms with E-state index in [1.165, 1.54) is 6.33 Å². The summed E-state index contributed by atoms with van der Waals surface area (Å²) in [5.41, 5.74) is 0. The van der Waals surface area contributed by atoms with Gasteiger partial charge in [-0.05, 0) is 38.1 Å². The van der Waals surface area contributed by atoms with Crippen LogP contribution >= 0.6 is 0 Å². The van der Waals surface area contributed by atoms with Crippen LogP contribution in [0, 0.1) is 0 Å². The number of H-pyrrole nitrogens is 1. The Hall–Kier alpha value is -2.57. The fraction of sp³-hybridized carbons (Fsp3) is 0.357. The molecule has 7 nitrogen and oxygen atoms in total. The Morgan fingerprint density at radius 2 is 1.90 bits per heavy atom. The molecule has 0 spiro atoms. The average molecular weight is 290 g/mol. The summed E-state index contributed by atoms with van der Waals surface area (Å²) < 4.78 is 10.6. The molecular weight excluding hydrogens is 272 g/mol. The maximum absolute atomic E-state index is 12.1. The number of amides is 1. The van der Waals surface area contributed by atoms with Crippen LogP contribution in [0.15, 0.2) is 30.6 Å². The van der Waals surface area contributed by atoms with Crippen LogP contribution in [0.2, 0.25) is 0 Å². The van der Waals surface area contributed by atoms with E-state index >= 15 is 0 Å². The van der Waals surface area contributed by atoms with Crippen LogP contribution in [0.1, 0.15) is 25.7 Å². The van der Waals surface area contributed by atoms with Gasteiger partial charge in [-0.2, -0.15) is 5.10 Å². The predicted octanol–water partition coefficient (Wildman–Crippen LogP) is 1.46. The van der Waals surface area contributed by atoms with E-state index in [4.69, 9.17) is 9.47 Å². The van der Waals surface area contributed by atoms with Crippen LogP contribution in [-0.4, -0.2) is 34.3 Å². The molecule has 7 heteroatoms. The summed E-state index contributed by atoms with van der Waals surface area (Å²) >= 11 is 0. The molecule has 0 fully saturated rings. The second-order valence-corrected chi connectivity index (χ2v) is 4.54. The van der Waals surface area contributed by atoms with Gasteiger partial charge in [0.2, 0.25) is 0 Å². The van der Waals surface area contributed by atoms with Crippen molar-refractivity contribution in [3.8, 4) is 11.5 Å². The normalized spacial score (nSPS) is 13.3. The lowest BCUT2D eigenvalue weighted by Gasteiger charge is -2.17. The van der Waals surface area contributed by atoms with E-state index in [1.807, 2.05) is 6.92 Å². The summed E-state index contributed by atoms with van der Waals surface area (Å²) in [5, 5.41) is 9.26. The summed E-state index contributed by atoms with van der Waals surface area (Å²) in [6.45, 7) is 3.51. The molecule has 0 aliphatic carbocycles. The molecule has 2 aromatic rings. The molecule has 0 saturated carbocycles. The molecule has 2 rings (SSSR count). The summed E-state index contributed by atoms with van der Waals surface area (Å²) in [7, 11) is 1.59. The Bertz CT molecular complexity index is 568. The lowest BCUT2D eigenvalue weighted by Crippen LogP contribution is -2.38. The van der Waals surface area contributed by atoms with E-state index < -0.39 is 6.10 Å². The highest BCUT2D eigenvalue weighted by atomic mass is 16.5. The minimum Gasteiger partial charge on any atom is -0.497 e. The van der Waals surface area contributed by atoms with Gasteiger partial charge in [-0.1, -0.05) is 0 Å². The van der Waals surface area contributed by atoms with Gasteiger partial charge in [0.1, 0.15) is 23.7 Å². The second kappa shape index (κ2) is 6.74. The van der Waals surface area contributed by atoms with Gasteiger partial charge in [0, 0.05) is 0 Å². The molecule has 0 radical (unpaired) electrons. The standard InChI is InChI=1S/C14H18N4O3/c1-9(13-15-8-16-18-13)17-14(19)10(2)21-12-6-4-11(20-3)5-7-12/h4-10H,1-3H3,(H,17,19)(H,15,16,18). The van der Waals surface area contributed by atoms with Gasteiger partial charge >= 0.3 is 0 Å². The van der Waals surface area contributed by atoms with Crippen LogP contribution < -0.4 is 14.8 Å². The molecule has 0 aliphatic rings. The number of carbonyl (C=O) groups is 1. The fourth-order valence-corrected chi connectivity index (χ4v) is 1.73. The topological polar surface area (TPSA) is 89.1 Å². The molecule has 2 N–H and O–H groups in total. The van der Waals surface area contributed by atoms with Gasteiger partial charge in [-0.3, -0.25) is 9.89 Å². The van der Waals surface area contributed by atoms with Gasteiger partial charge in [0.15, 0.2) is 6.10 Å². The van der Waals surface area contributed by atoms with E-state index in [9.17, 15) is 4.79 Å². The van der Waals surface area contributed by atoms with Crippen molar-refractivity contribution in [1.29, 1.82) is 0 Å². The number of nitrogens with one attached hydrogen (secondary N) is 2. The highest BCUT2D eigenvalue weighted by Gasteiger charge is 2.18. The number of ether oxygens (including phenoxy) is 2. The number of aromatic amines is 1. The number of carbonyl (C=O) groups excluding carboxylic acids is 1. The van der Waals surface area contributed by atoms with Crippen molar-refractivity contribution in [2.45, 2.75) is 26.0 Å². The van der Waals surface area contributed by atoms with Crippen LogP contribution in [0.4, 0.5) is 0 Å². The molecule has 0 saturated heterocycles. The number of hydrogen-bond donors (Lipinski definition) is 2. The maximum Gasteiger partial charge on any atom is 0.261 e. The van der Waals surface area contributed by atoms with Crippen LogP contribution in [0.5, 0.6) is 11.5 Å². The second-order valence-electron chi connectivity index (χ2n) is 4.54. The van der Waals surface area contributed by atoms with E-state index in [1.54, 1.807) is 38.3 Å². The zero-order valence-corrected chi connectivity index (χ0v) is 12.2. The lowest BCUT2D eigenvalue weighted by molar-refractivity contribution is -0.128. The number of benzene rings is 1. The Labute approximate surface area is 122 Å². The highest BCUT2D eigenvalue weighted by molar-refractivity contribution is 5.81. The van der Waals surface area contributed by atoms with E-state index in [0.717, 1.165) is 5.75 Å². The maximum atomic E-state index is 12.1. The van der Waals surface area contributed by atoms with Crippen molar-refractivity contribution in [3.05, 3.63) is 36.4 Å². The molecule has 1 amide bonds. The van der Waals surface area contributed by atoms with Crippen molar-refractivity contribution in [1.82, 2.24) is 20.5 Å². The third kappa shape index (κ3) is 3.95. The molecule has 2 atom stereocenters. The first-order valence-electron chi connectivity index (χ1n) is 6.56. The Balaban J connectivity index is 1.89. The van der Waals surface area contributed by atoms with Crippen LogP contribution in [0.25, 0.3) is 0 Å². The van der Waals surface area contributed by atoms with Crippen LogP contribution in [0.3, 0.4) is 0 Å². The number of aromatic nitrogens is 3. The Morgan fingerprint density at radius 3 is 2.48 bits per heavy atom.